The standard InChI is InChI=1S/C20H21Cl2N3O3.ClH/c1-28-20(27)17-9-16(19-14(22)7-13(21)8-15(19)24-17)25-18(26)6-11-4-2-3-5-12(11)10-23;/h2-5,7-8,16-17,24H,6,9-10,23H2,1H3,(H,25,26);1H. The summed E-state index contributed by atoms with van der Waals surface area (Å²) in [6.07, 6.45) is 0.492. The molecular formula is C20H22Cl3N3O3. The fourth-order valence-electron chi connectivity index (χ4n) is 3.43. The number of nitrogens with one attached hydrogen (secondary N) is 2. The zero-order chi connectivity index (χ0) is 20.3. The Morgan fingerprint density at radius 2 is 1.93 bits per heavy atom. The van der Waals surface area contributed by atoms with E-state index in [1.165, 1.54) is 7.11 Å². The number of amides is 1. The first kappa shape index (κ1) is 23.3. The Labute approximate surface area is 185 Å². The molecule has 6 nitrogen and oxygen atoms in total. The van der Waals surface area contributed by atoms with Crippen molar-refractivity contribution in [3.05, 3.63) is 63.1 Å². The number of ether oxygens (including phenoxy) is 1. The van der Waals surface area contributed by atoms with Crippen LogP contribution in [0.5, 0.6) is 0 Å². The maximum Gasteiger partial charge on any atom is 0.328 e. The number of nitrogens with two attached hydrogens (primary N) is 1. The van der Waals surface area contributed by atoms with Crippen molar-refractivity contribution in [2.75, 3.05) is 12.4 Å². The summed E-state index contributed by atoms with van der Waals surface area (Å²) in [4.78, 5) is 24.8. The Balaban J connectivity index is 0.00000300. The van der Waals surface area contributed by atoms with Crippen LogP contribution in [-0.2, 0) is 27.3 Å². The third-order valence-corrected chi connectivity index (χ3v) is 5.29. The molecule has 156 valence electrons. The van der Waals surface area contributed by atoms with E-state index in [1.54, 1.807) is 12.1 Å². The molecule has 2 atom stereocenters. The average molecular weight is 459 g/mol. The Morgan fingerprint density at radius 1 is 1.24 bits per heavy atom. The summed E-state index contributed by atoms with van der Waals surface area (Å²) in [5.41, 5.74) is 8.84. The first-order valence-electron chi connectivity index (χ1n) is 8.82. The second kappa shape index (κ2) is 10.2. The van der Waals surface area contributed by atoms with Crippen LogP contribution >= 0.6 is 35.6 Å². The number of fused-ring (bicyclic) bond motifs is 1. The van der Waals surface area contributed by atoms with Gasteiger partial charge in [0.15, 0.2) is 0 Å². The van der Waals surface area contributed by atoms with Gasteiger partial charge in [-0.05, 0) is 23.3 Å². The van der Waals surface area contributed by atoms with E-state index >= 15 is 0 Å². The molecule has 0 aliphatic carbocycles. The molecule has 2 aromatic rings. The highest BCUT2D eigenvalue weighted by atomic mass is 35.5. The largest absolute Gasteiger partial charge is 0.467 e. The first-order chi connectivity index (χ1) is 13.4. The molecular weight excluding hydrogens is 437 g/mol. The Hall–Kier alpha value is -1.99. The van der Waals surface area contributed by atoms with E-state index in [2.05, 4.69) is 10.6 Å². The number of anilines is 1. The maximum absolute atomic E-state index is 12.7. The quantitative estimate of drug-likeness (QED) is 0.595. The molecule has 0 saturated carbocycles. The van der Waals surface area contributed by atoms with Gasteiger partial charge < -0.3 is 21.1 Å². The summed E-state index contributed by atoms with van der Waals surface area (Å²) in [5, 5.41) is 6.93. The van der Waals surface area contributed by atoms with E-state index in [9.17, 15) is 9.59 Å². The molecule has 0 saturated heterocycles. The smallest absolute Gasteiger partial charge is 0.328 e. The average Bonchev–Trinajstić information content (AvgIpc) is 2.66. The molecule has 1 amide bonds. The van der Waals surface area contributed by atoms with Crippen LogP contribution in [0.2, 0.25) is 10.0 Å². The van der Waals surface area contributed by atoms with E-state index in [0.29, 0.717) is 34.3 Å². The number of benzene rings is 2. The van der Waals surface area contributed by atoms with Crippen molar-refractivity contribution >= 4 is 53.2 Å². The number of methoxy groups -OCH3 is 1. The fourth-order valence-corrected chi connectivity index (χ4v) is 4.06. The molecule has 9 heteroatoms. The Morgan fingerprint density at radius 3 is 2.59 bits per heavy atom. The number of carbonyl (C=O) groups excluding carboxylic acids is 2. The molecule has 2 unspecified atom stereocenters. The number of hydrogen-bond donors (Lipinski definition) is 3. The van der Waals surface area contributed by atoms with Gasteiger partial charge in [0.05, 0.1) is 19.6 Å². The van der Waals surface area contributed by atoms with Gasteiger partial charge in [0, 0.05) is 34.3 Å². The number of esters is 1. The predicted molar refractivity (Wildman–Crippen MR) is 117 cm³/mol. The molecule has 1 aliphatic rings. The Bertz CT molecular complexity index is 908. The second-order valence-electron chi connectivity index (χ2n) is 6.57. The molecule has 3 rings (SSSR count). The van der Waals surface area contributed by atoms with E-state index in [0.717, 1.165) is 11.1 Å². The van der Waals surface area contributed by atoms with Crippen LogP contribution in [0.3, 0.4) is 0 Å². The zero-order valence-electron chi connectivity index (χ0n) is 15.7. The van der Waals surface area contributed by atoms with Gasteiger partial charge in [0.1, 0.15) is 6.04 Å². The van der Waals surface area contributed by atoms with Crippen molar-refractivity contribution in [2.24, 2.45) is 5.73 Å². The van der Waals surface area contributed by atoms with Gasteiger partial charge in [-0.25, -0.2) is 4.79 Å². The van der Waals surface area contributed by atoms with Gasteiger partial charge in [-0.1, -0.05) is 47.5 Å². The number of halogens is 3. The predicted octanol–water partition coefficient (Wildman–Crippen LogP) is 3.63. The molecule has 29 heavy (non-hydrogen) atoms. The van der Waals surface area contributed by atoms with Crippen molar-refractivity contribution in [3.8, 4) is 0 Å². The van der Waals surface area contributed by atoms with Crippen molar-refractivity contribution in [2.45, 2.75) is 31.5 Å². The molecule has 0 aromatic heterocycles. The van der Waals surface area contributed by atoms with E-state index < -0.39 is 18.1 Å². The van der Waals surface area contributed by atoms with Crippen LogP contribution in [0.1, 0.15) is 29.2 Å². The van der Waals surface area contributed by atoms with Crippen LogP contribution in [-0.4, -0.2) is 25.0 Å². The van der Waals surface area contributed by atoms with Gasteiger partial charge >= 0.3 is 5.97 Å². The summed E-state index contributed by atoms with van der Waals surface area (Å²) < 4.78 is 4.85. The molecule has 2 aromatic carbocycles. The highest BCUT2D eigenvalue weighted by Crippen LogP contribution is 2.40. The normalized spacial score (nSPS) is 17.4. The van der Waals surface area contributed by atoms with Crippen LogP contribution in [0, 0.1) is 0 Å². The summed E-state index contributed by atoms with van der Waals surface area (Å²) in [5.74, 6) is -0.608. The molecule has 1 aliphatic heterocycles. The van der Waals surface area contributed by atoms with Crippen molar-refractivity contribution < 1.29 is 14.3 Å². The van der Waals surface area contributed by atoms with Crippen molar-refractivity contribution in [1.29, 1.82) is 0 Å². The molecule has 4 N–H and O–H groups in total. The summed E-state index contributed by atoms with van der Waals surface area (Å²) in [6.45, 7) is 0.356. The first-order valence-corrected chi connectivity index (χ1v) is 9.58. The summed E-state index contributed by atoms with van der Waals surface area (Å²) in [6, 6.07) is 9.75. The molecule has 0 fully saturated rings. The van der Waals surface area contributed by atoms with E-state index in [1.807, 2.05) is 24.3 Å². The minimum Gasteiger partial charge on any atom is -0.467 e. The lowest BCUT2D eigenvalue weighted by atomic mass is 9.92. The van der Waals surface area contributed by atoms with Gasteiger partial charge in [-0.2, -0.15) is 0 Å². The number of carbonyl (C=O) groups is 2. The summed E-state index contributed by atoms with van der Waals surface area (Å²) in [7, 11) is 1.32. The maximum atomic E-state index is 12.7. The molecule has 1 heterocycles. The third-order valence-electron chi connectivity index (χ3n) is 4.75. The van der Waals surface area contributed by atoms with Crippen LogP contribution < -0.4 is 16.4 Å². The van der Waals surface area contributed by atoms with Gasteiger partial charge in [0.2, 0.25) is 5.91 Å². The third kappa shape index (κ3) is 5.34. The number of hydrogen-bond acceptors (Lipinski definition) is 5. The van der Waals surface area contributed by atoms with Crippen molar-refractivity contribution in [3.63, 3.8) is 0 Å². The van der Waals surface area contributed by atoms with Gasteiger partial charge in [-0.15, -0.1) is 12.4 Å². The fraction of sp³-hybridized carbons (Fsp3) is 0.300. The highest BCUT2D eigenvalue weighted by molar-refractivity contribution is 6.35. The molecule has 0 spiro atoms. The molecule has 0 radical (unpaired) electrons. The lowest BCUT2D eigenvalue weighted by molar-refractivity contribution is -0.142. The SMILES string of the molecule is COC(=O)C1CC(NC(=O)Cc2ccccc2CN)c2c(Cl)cc(Cl)cc2N1.Cl. The minimum absolute atomic E-state index is 0. The summed E-state index contributed by atoms with van der Waals surface area (Å²) >= 11 is 12.5. The minimum atomic E-state index is -0.617. The van der Waals surface area contributed by atoms with E-state index in [4.69, 9.17) is 33.7 Å². The second-order valence-corrected chi connectivity index (χ2v) is 7.42. The van der Waals surface area contributed by atoms with Crippen LogP contribution in [0.4, 0.5) is 5.69 Å². The highest BCUT2D eigenvalue weighted by Gasteiger charge is 2.34. The lowest BCUT2D eigenvalue weighted by Gasteiger charge is -2.33. The van der Waals surface area contributed by atoms with E-state index in [-0.39, 0.29) is 24.7 Å². The van der Waals surface area contributed by atoms with Gasteiger partial charge in [-0.3, -0.25) is 4.79 Å². The molecule has 0 bridgehead atoms. The van der Waals surface area contributed by atoms with Gasteiger partial charge in [0.25, 0.3) is 0 Å². The van der Waals surface area contributed by atoms with Crippen LogP contribution in [0.25, 0.3) is 0 Å². The Kier molecular flexibility index (Phi) is 8.16. The monoisotopic (exact) mass is 457 g/mol. The van der Waals surface area contributed by atoms with Crippen LogP contribution in [0.15, 0.2) is 36.4 Å². The lowest BCUT2D eigenvalue weighted by Crippen LogP contribution is -2.42. The topological polar surface area (TPSA) is 93.5 Å². The zero-order valence-corrected chi connectivity index (χ0v) is 18.0. The number of rotatable bonds is 5. The van der Waals surface area contributed by atoms with Crippen molar-refractivity contribution in [1.82, 2.24) is 5.32 Å².